The van der Waals surface area contributed by atoms with Gasteiger partial charge in [0.1, 0.15) is 0 Å². The molecule has 16 heavy (non-hydrogen) atoms. The molecule has 1 saturated heterocycles. The van der Waals surface area contributed by atoms with Crippen LogP contribution in [0.25, 0.3) is 0 Å². The molecule has 2 fully saturated rings. The zero-order valence-corrected chi connectivity index (χ0v) is 11.8. The third kappa shape index (κ3) is 2.14. The molecular weight excluding hydrogens is 218 g/mol. The molecular formula is C13H25NOS. The van der Waals surface area contributed by atoms with E-state index in [1.165, 1.54) is 12.8 Å². The van der Waals surface area contributed by atoms with Crippen molar-refractivity contribution < 1.29 is 4.74 Å². The number of hydrogen-bond acceptors (Lipinski definition) is 3. The van der Waals surface area contributed by atoms with Gasteiger partial charge in [-0.15, -0.1) is 0 Å². The number of thioether (sulfide) groups is 1. The molecule has 4 unspecified atom stereocenters. The van der Waals surface area contributed by atoms with E-state index in [-0.39, 0.29) is 0 Å². The molecule has 2 rings (SSSR count). The molecule has 1 aliphatic heterocycles. The van der Waals surface area contributed by atoms with E-state index in [1.807, 2.05) is 11.8 Å². The van der Waals surface area contributed by atoms with Crippen LogP contribution in [-0.2, 0) is 4.74 Å². The average molecular weight is 243 g/mol. The van der Waals surface area contributed by atoms with Crippen LogP contribution in [0, 0.1) is 11.3 Å². The lowest BCUT2D eigenvalue weighted by atomic mass is 9.57. The van der Waals surface area contributed by atoms with E-state index in [1.54, 1.807) is 0 Å². The molecule has 0 spiro atoms. The second-order valence-electron chi connectivity index (χ2n) is 5.83. The Balaban J connectivity index is 1.77. The summed E-state index contributed by atoms with van der Waals surface area (Å²) >= 11 is 1.96. The highest BCUT2D eigenvalue weighted by Gasteiger charge is 2.58. The lowest BCUT2D eigenvalue weighted by molar-refractivity contribution is -0.112. The summed E-state index contributed by atoms with van der Waals surface area (Å²) in [5.41, 5.74) is 0.337. The standard InChI is InChI=1S/C13H25NOS/c1-9(16-4)5-7-14-11-10-6-8-15-12(10)13(11,2)3/h9-12,14H,5-8H2,1-4H3. The van der Waals surface area contributed by atoms with Crippen molar-refractivity contribution in [3.05, 3.63) is 0 Å². The van der Waals surface area contributed by atoms with Crippen LogP contribution in [0.4, 0.5) is 0 Å². The van der Waals surface area contributed by atoms with Crippen LogP contribution in [-0.4, -0.2) is 36.8 Å². The Kier molecular flexibility index (Phi) is 3.87. The molecule has 0 bridgehead atoms. The van der Waals surface area contributed by atoms with Crippen molar-refractivity contribution in [1.82, 2.24) is 5.32 Å². The number of rotatable bonds is 5. The van der Waals surface area contributed by atoms with Crippen LogP contribution in [0.1, 0.15) is 33.6 Å². The van der Waals surface area contributed by atoms with Gasteiger partial charge in [0.05, 0.1) is 6.10 Å². The zero-order chi connectivity index (χ0) is 11.8. The van der Waals surface area contributed by atoms with E-state index in [0.29, 0.717) is 17.6 Å². The molecule has 2 aliphatic rings. The topological polar surface area (TPSA) is 21.3 Å². The maximum atomic E-state index is 5.80. The predicted molar refractivity (Wildman–Crippen MR) is 71.0 cm³/mol. The van der Waals surface area contributed by atoms with Gasteiger partial charge in [0.2, 0.25) is 0 Å². The summed E-state index contributed by atoms with van der Waals surface area (Å²) in [4.78, 5) is 0. The van der Waals surface area contributed by atoms with Gasteiger partial charge < -0.3 is 10.1 Å². The first-order chi connectivity index (χ1) is 7.57. The average Bonchev–Trinajstić information content (AvgIpc) is 2.70. The first kappa shape index (κ1) is 12.7. The van der Waals surface area contributed by atoms with Gasteiger partial charge in [-0.25, -0.2) is 0 Å². The normalized spacial score (nSPS) is 37.9. The molecule has 1 N–H and O–H groups in total. The summed E-state index contributed by atoms with van der Waals surface area (Å²) in [7, 11) is 0. The number of nitrogens with one attached hydrogen (secondary N) is 1. The molecule has 1 aliphatic carbocycles. The Morgan fingerprint density at radius 1 is 1.50 bits per heavy atom. The van der Waals surface area contributed by atoms with Crippen molar-refractivity contribution in [1.29, 1.82) is 0 Å². The summed E-state index contributed by atoms with van der Waals surface area (Å²) in [5, 5.41) is 4.52. The van der Waals surface area contributed by atoms with Gasteiger partial charge in [0.25, 0.3) is 0 Å². The lowest BCUT2D eigenvalue weighted by Crippen LogP contribution is -2.65. The SMILES string of the molecule is CSC(C)CCNC1C2CCOC2C1(C)C. The Morgan fingerprint density at radius 3 is 2.94 bits per heavy atom. The molecule has 4 atom stereocenters. The van der Waals surface area contributed by atoms with Crippen molar-refractivity contribution in [2.45, 2.75) is 51.0 Å². The van der Waals surface area contributed by atoms with Gasteiger partial charge in [-0.2, -0.15) is 11.8 Å². The minimum absolute atomic E-state index is 0.337. The fraction of sp³-hybridized carbons (Fsp3) is 1.00. The molecule has 0 aromatic rings. The highest BCUT2D eigenvalue weighted by Crippen LogP contribution is 2.52. The first-order valence-corrected chi connectivity index (χ1v) is 7.74. The maximum Gasteiger partial charge on any atom is 0.0685 e. The fourth-order valence-electron chi connectivity index (χ4n) is 3.30. The van der Waals surface area contributed by atoms with Gasteiger partial charge >= 0.3 is 0 Å². The Bertz CT molecular complexity index is 244. The number of fused-ring (bicyclic) bond motifs is 1. The van der Waals surface area contributed by atoms with Crippen molar-refractivity contribution in [3.63, 3.8) is 0 Å². The maximum absolute atomic E-state index is 5.80. The monoisotopic (exact) mass is 243 g/mol. The van der Waals surface area contributed by atoms with Crippen molar-refractivity contribution in [2.24, 2.45) is 11.3 Å². The number of hydrogen-bond donors (Lipinski definition) is 1. The smallest absolute Gasteiger partial charge is 0.0685 e. The minimum Gasteiger partial charge on any atom is -0.377 e. The summed E-state index contributed by atoms with van der Waals surface area (Å²) in [6.07, 6.45) is 5.23. The molecule has 1 heterocycles. The molecule has 0 aromatic carbocycles. The molecule has 0 aromatic heterocycles. The Labute approximate surface area is 104 Å². The zero-order valence-electron chi connectivity index (χ0n) is 11.0. The fourth-order valence-corrected chi connectivity index (χ4v) is 3.65. The molecule has 2 nitrogen and oxygen atoms in total. The number of ether oxygens (including phenoxy) is 1. The van der Waals surface area contributed by atoms with Crippen molar-refractivity contribution in [3.8, 4) is 0 Å². The molecule has 1 saturated carbocycles. The lowest BCUT2D eigenvalue weighted by Gasteiger charge is -2.55. The highest BCUT2D eigenvalue weighted by atomic mass is 32.2. The van der Waals surface area contributed by atoms with Crippen LogP contribution >= 0.6 is 11.8 Å². The van der Waals surface area contributed by atoms with Gasteiger partial charge in [0.15, 0.2) is 0 Å². The summed E-state index contributed by atoms with van der Waals surface area (Å²) in [5.74, 6) is 0.777. The van der Waals surface area contributed by atoms with E-state index >= 15 is 0 Å². The van der Waals surface area contributed by atoms with E-state index in [0.717, 1.165) is 24.3 Å². The summed E-state index contributed by atoms with van der Waals surface area (Å²) in [6.45, 7) is 9.11. The predicted octanol–water partition coefficient (Wildman–Crippen LogP) is 2.53. The Hall–Kier alpha value is 0.270. The first-order valence-electron chi connectivity index (χ1n) is 6.45. The van der Waals surface area contributed by atoms with E-state index < -0.39 is 0 Å². The quantitative estimate of drug-likeness (QED) is 0.802. The second-order valence-corrected chi connectivity index (χ2v) is 7.11. The van der Waals surface area contributed by atoms with E-state index in [4.69, 9.17) is 4.74 Å². The highest BCUT2D eigenvalue weighted by molar-refractivity contribution is 7.99. The summed E-state index contributed by atoms with van der Waals surface area (Å²) in [6, 6.07) is 0.675. The Morgan fingerprint density at radius 2 is 2.25 bits per heavy atom. The second kappa shape index (κ2) is 4.87. The van der Waals surface area contributed by atoms with Gasteiger partial charge in [-0.05, 0) is 25.6 Å². The van der Waals surface area contributed by atoms with Crippen LogP contribution in [0.3, 0.4) is 0 Å². The summed E-state index contributed by atoms with van der Waals surface area (Å²) < 4.78 is 5.80. The third-order valence-corrected chi connectivity index (χ3v) is 5.46. The van der Waals surface area contributed by atoms with Gasteiger partial charge in [-0.3, -0.25) is 0 Å². The van der Waals surface area contributed by atoms with Crippen molar-refractivity contribution >= 4 is 11.8 Å². The molecule has 0 amide bonds. The van der Waals surface area contributed by atoms with E-state index in [2.05, 4.69) is 32.3 Å². The van der Waals surface area contributed by atoms with Crippen LogP contribution in [0.5, 0.6) is 0 Å². The van der Waals surface area contributed by atoms with Crippen molar-refractivity contribution in [2.75, 3.05) is 19.4 Å². The minimum atomic E-state index is 0.337. The van der Waals surface area contributed by atoms with Gasteiger partial charge in [-0.1, -0.05) is 20.8 Å². The van der Waals surface area contributed by atoms with Crippen LogP contribution in [0.15, 0.2) is 0 Å². The van der Waals surface area contributed by atoms with E-state index in [9.17, 15) is 0 Å². The van der Waals surface area contributed by atoms with Crippen LogP contribution in [0.2, 0.25) is 0 Å². The van der Waals surface area contributed by atoms with Crippen LogP contribution < -0.4 is 5.32 Å². The van der Waals surface area contributed by atoms with Gasteiger partial charge in [0, 0.05) is 29.2 Å². The third-order valence-electron chi connectivity index (χ3n) is 4.42. The molecule has 94 valence electrons. The molecule has 0 radical (unpaired) electrons. The largest absolute Gasteiger partial charge is 0.377 e. The molecule has 3 heteroatoms.